The van der Waals surface area contributed by atoms with Crippen LogP contribution in [-0.4, -0.2) is 0 Å². The number of rotatable bonds is 0. The molecule has 0 heterocycles. The Balaban J connectivity index is 0.00000144. The molecule has 0 aromatic rings. The topological polar surface area (TPSA) is 0 Å². The van der Waals surface area contributed by atoms with Crippen molar-refractivity contribution in [1.29, 1.82) is 0 Å². The maximum absolute atomic E-state index is 2.68. The number of halogens is 2. The van der Waals surface area contributed by atoms with Gasteiger partial charge in [0.1, 0.15) is 0 Å². The van der Waals surface area contributed by atoms with Crippen molar-refractivity contribution in [3.05, 3.63) is 72.4 Å². The Labute approximate surface area is 223 Å². The van der Waals surface area contributed by atoms with Gasteiger partial charge in [0.15, 0.2) is 0 Å². The third kappa shape index (κ3) is 2.11. The molecule has 0 spiro atoms. The minimum atomic E-state index is 0. The van der Waals surface area contributed by atoms with Crippen molar-refractivity contribution in [2.24, 2.45) is 43.8 Å². The molecule has 0 N–H and O–H groups in total. The molecule has 173 valence electrons. The molecule has 0 aromatic heterocycles. The van der Waals surface area contributed by atoms with Crippen LogP contribution in [0.3, 0.4) is 0 Å². The van der Waals surface area contributed by atoms with E-state index >= 15 is 0 Å². The number of hydrogen-bond donors (Lipinski definition) is 0. The van der Waals surface area contributed by atoms with Gasteiger partial charge in [0.2, 0.25) is 0 Å². The van der Waals surface area contributed by atoms with Crippen LogP contribution in [0.4, 0.5) is 0 Å². The van der Waals surface area contributed by atoms with Crippen LogP contribution in [0.2, 0.25) is 3.63 Å². The molecule has 5 rings (SSSR count). The summed E-state index contributed by atoms with van der Waals surface area (Å²) in [6.07, 6.45) is 27.0. The van der Waals surface area contributed by atoms with E-state index < -0.39 is 0 Å². The molecule has 5 aliphatic carbocycles. The van der Waals surface area contributed by atoms with E-state index in [9.17, 15) is 0 Å². The molecule has 9 unspecified atom stereocenters. The summed E-state index contributed by atoms with van der Waals surface area (Å²) in [6.45, 7) is 20.7. The monoisotopic (exact) mass is 547 g/mol. The number of fused-ring (bicyclic) bond motifs is 8. The molecule has 0 aromatic carbocycles. The maximum Gasteiger partial charge on any atom is -0.147 e. The van der Waals surface area contributed by atoms with Crippen LogP contribution >= 0.6 is 24.8 Å². The minimum absolute atomic E-state index is 0. The van der Waals surface area contributed by atoms with E-state index in [1.807, 2.05) is 0 Å². The van der Waals surface area contributed by atoms with Crippen LogP contribution in [0.25, 0.3) is 0 Å². The minimum Gasteiger partial charge on any atom is -0.147 e. The van der Waals surface area contributed by atoms with Gasteiger partial charge in [0.05, 0.1) is 0 Å². The summed E-state index contributed by atoms with van der Waals surface area (Å²) in [5.74, 6) is 0.592. The molecular formula is C29H39Cl2Zr. The molecular weight excluding hydrogens is 510 g/mol. The first-order valence-corrected chi connectivity index (χ1v) is 13.1. The second kappa shape index (κ2) is 7.21. The zero-order valence-corrected chi connectivity index (χ0v) is 24.9. The molecule has 0 nitrogen and oxygen atoms in total. The average molecular weight is 550 g/mol. The Kier molecular flexibility index (Phi) is 5.97. The molecule has 0 radical (unpaired) electrons. The fourth-order valence-corrected chi connectivity index (χ4v) is 12.3. The quantitative estimate of drug-likeness (QED) is 0.284. The molecule has 5 aliphatic rings. The van der Waals surface area contributed by atoms with Gasteiger partial charge in [0, 0.05) is 0 Å². The first-order chi connectivity index (χ1) is 13.8. The fraction of sp³-hybridized carbons (Fsp3) is 0.586. The van der Waals surface area contributed by atoms with Gasteiger partial charge in [0.25, 0.3) is 0 Å². The predicted octanol–water partition coefficient (Wildman–Crippen LogP) is 8.62. The van der Waals surface area contributed by atoms with E-state index in [1.54, 1.807) is 30.3 Å². The summed E-state index contributed by atoms with van der Waals surface area (Å²) >= 11 is 1.69. The first kappa shape index (κ1) is 26.5. The summed E-state index contributed by atoms with van der Waals surface area (Å²) < 4.78 is 0.667. The zero-order chi connectivity index (χ0) is 22.0. The van der Waals surface area contributed by atoms with E-state index in [2.05, 4.69) is 122 Å². The van der Waals surface area contributed by atoms with E-state index in [-0.39, 0.29) is 62.7 Å². The Morgan fingerprint density at radius 3 is 1.62 bits per heavy atom. The first-order valence-electron chi connectivity index (χ1n) is 11.6. The van der Waals surface area contributed by atoms with Gasteiger partial charge in [-0.15, -0.1) is 24.8 Å². The van der Waals surface area contributed by atoms with Gasteiger partial charge in [-0.2, -0.15) is 0 Å². The molecule has 0 amide bonds. The van der Waals surface area contributed by atoms with Crippen LogP contribution in [0.5, 0.6) is 0 Å². The third-order valence-corrected chi connectivity index (χ3v) is 14.8. The summed E-state index contributed by atoms with van der Waals surface area (Å²) in [6, 6.07) is 0. The van der Waals surface area contributed by atoms with Crippen molar-refractivity contribution >= 4 is 24.8 Å². The largest absolute Gasteiger partial charge is 0.147 e. The Hall–Kier alpha value is -0.0969. The van der Waals surface area contributed by atoms with Crippen LogP contribution in [-0.2, 0) is 24.7 Å². The Bertz CT molecular complexity index is 1020. The van der Waals surface area contributed by atoms with Gasteiger partial charge < -0.3 is 0 Å². The second-order valence-corrected chi connectivity index (χ2v) is 13.5. The van der Waals surface area contributed by atoms with Gasteiger partial charge >= 0.3 is 200 Å². The van der Waals surface area contributed by atoms with Crippen molar-refractivity contribution in [3.8, 4) is 0 Å². The van der Waals surface area contributed by atoms with Crippen molar-refractivity contribution in [3.63, 3.8) is 0 Å². The molecule has 0 aliphatic heterocycles. The van der Waals surface area contributed by atoms with Crippen molar-refractivity contribution in [2.45, 2.75) is 59.0 Å². The van der Waals surface area contributed by atoms with Crippen LogP contribution in [0, 0.1) is 43.8 Å². The van der Waals surface area contributed by atoms with Crippen LogP contribution in [0.1, 0.15) is 55.4 Å². The molecule has 3 heteroatoms. The molecule has 32 heavy (non-hydrogen) atoms. The Morgan fingerprint density at radius 2 is 1.09 bits per heavy atom. The van der Waals surface area contributed by atoms with Crippen molar-refractivity contribution in [1.82, 2.24) is 0 Å². The van der Waals surface area contributed by atoms with Crippen LogP contribution in [0.15, 0.2) is 72.4 Å². The van der Waals surface area contributed by atoms with Crippen molar-refractivity contribution < 1.29 is 24.7 Å². The normalized spacial score (nSPS) is 56.2. The van der Waals surface area contributed by atoms with E-state index in [1.165, 1.54) is 0 Å². The van der Waals surface area contributed by atoms with Gasteiger partial charge in [-0.25, -0.2) is 0 Å². The molecule has 2 fully saturated rings. The fourth-order valence-electron chi connectivity index (χ4n) is 9.76. The van der Waals surface area contributed by atoms with E-state index in [0.29, 0.717) is 9.54 Å². The number of allylic oxidation sites excluding steroid dienone is 12. The predicted molar refractivity (Wildman–Crippen MR) is 138 cm³/mol. The van der Waals surface area contributed by atoms with Crippen LogP contribution < -0.4 is 0 Å². The molecule has 0 saturated heterocycles. The summed E-state index contributed by atoms with van der Waals surface area (Å²) in [5, 5.41) is 0. The maximum atomic E-state index is 2.68. The molecule has 0 bridgehead atoms. The summed E-state index contributed by atoms with van der Waals surface area (Å²) in [4.78, 5) is 0. The average Bonchev–Trinajstić information content (AvgIpc) is 2.85. The van der Waals surface area contributed by atoms with Crippen molar-refractivity contribution in [2.75, 3.05) is 0 Å². The summed E-state index contributed by atoms with van der Waals surface area (Å²) in [5.41, 5.74) is 2.12. The summed E-state index contributed by atoms with van der Waals surface area (Å²) in [7, 11) is 0. The second-order valence-electron chi connectivity index (χ2n) is 12.0. The third-order valence-electron chi connectivity index (χ3n) is 12.5. The zero-order valence-electron chi connectivity index (χ0n) is 20.8. The number of hydrogen-bond acceptors (Lipinski definition) is 0. The van der Waals surface area contributed by atoms with E-state index in [4.69, 9.17) is 0 Å². The van der Waals surface area contributed by atoms with Gasteiger partial charge in [-0.1, -0.05) is 0 Å². The van der Waals surface area contributed by atoms with E-state index in [0.717, 1.165) is 0 Å². The van der Waals surface area contributed by atoms with Gasteiger partial charge in [-0.3, -0.25) is 0 Å². The van der Waals surface area contributed by atoms with Gasteiger partial charge in [-0.05, 0) is 0 Å². The smallest absolute Gasteiger partial charge is 0.147 e. The SMILES string of the molecule is CC1=CC=CC2[CH]([Zr])C3(C)C4(C)C=CC=CC4(C)C4(C)C=CC=CC4(C)C3(C)C12C.Cl.Cl. The Morgan fingerprint density at radius 1 is 0.656 bits per heavy atom. The molecule has 9 atom stereocenters. The molecule has 2 saturated carbocycles. The standard InChI is InChI=1S/C29H37.2ClH.Zr/c1-21-14-13-15-22-20-27(6)25(4)18-10-9-16-23(25,2)24(3)17-11-12-19-26(24,5)29(27,8)28(21,22)7;;;/h9-20,22H,1-8H3;2*1H;.